The molecule has 0 fully saturated rings. The summed E-state index contributed by atoms with van der Waals surface area (Å²) < 4.78 is 1.88. The number of nitrogens with zero attached hydrogens (tertiary/aromatic N) is 3. The molecule has 0 spiro atoms. The number of ketones is 1. The summed E-state index contributed by atoms with van der Waals surface area (Å²) in [6.07, 6.45) is -0.134. The number of hydrogen-bond acceptors (Lipinski definition) is 5. The van der Waals surface area contributed by atoms with Crippen LogP contribution in [-0.2, 0) is 6.42 Å². The van der Waals surface area contributed by atoms with E-state index < -0.39 is 0 Å². The van der Waals surface area contributed by atoms with Crippen LogP contribution >= 0.6 is 22.9 Å². The second-order valence-electron chi connectivity index (χ2n) is 6.01. The van der Waals surface area contributed by atoms with Gasteiger partial charge in [-0.25, -0.2) is 4.98 Å². The summed E-state index contributed by atoms with van der Waals surface area (Å²) in [4.78, 5) is 30.6. The Kier molecular flexibility index (Phi) is 4.78. The lowest BCUT2D eigenvalue weighted by atomic mass is 10.0. The number of rotatable bonds is 4. The Morgan fingerprint density at radius 1 is 1.14 bits per heavy atom. The third kappa shape index (κ3) is 3.11. The standard InChI is InChI=1S/C21H12ClN3O2S/c22-15-7-3-4-8-17(15)25-19(24-16-9-10-28-20(16)21(25)27)11-18(26)14-6-2-1-5-13(14)12-23/h1-10H,11H2. The van der Waals surface area contributed by atoms with Crippen molar-refractivity contribution in [2.45, 2.75) is 6.42 Å². The number of nitriles is 1. The Balaban J connectivity index is 1.90. The highest BCUT2D eigenvalue weighted by molar-refractivity contribution is 7.17. The number of carbonyl (C=O) groups excluding carboxylic acids is 1. The molecule has 136 valence electrons. The summed E-state index contributed by atoms with van der Waals surface area (Å²) in [6.45, 7) is 0. The van der Waals surface area contributed by atoms with E-state index in [1.165, 1.54) is 15.9 Å². The average molecular weight is 406 g/mol. The maximum Gasteiger partial charge on any atom is 0.276 e. The minimum absolute atomic E-state index is 0.134. The third-order valence-corrected chi connectivity index (χ3v) is 5.52. The van der Waals surface area contributed by atoms with Gasteiger partial charge in [-0.05, 0) is 29.6 Å². The predicted molar refractivity (Wildman–Crippen MR) is 109 cm³/mol. The van der Waals surface area contributed by atoms with Gasteiger partial charge in [0.05, 0.1) is 34.3 Å². The summed E-state index contributed by atoms with van der Waals surface area (Å²) in [5.74, 6) is -0.0128. The lowest BCUT2D eigenvalue weighted by molar-refractivity contribution is 0.0990. The first kappa shape index (κ1) is 18.1. The number of thiophene rings is 1. The van der Waals surface area contributed by atoms with Crippen LogP contribution in [0.4, 0.5) is 0 Å². The zero-order valence-corrected chi connectivity index (χ0v) is 16.0. The third-order valence-electron chi connectivity index (χ3n) is 4.31. The lowest BCUT2D eigenvalue weighted by Crippen LogP contribution is -2.25. The van der Waals surface area contributed by atoms with E-state index in [1.807, 2.05) is 6.07 Å². The van der Waals surface area contributed by atoms with Crippen molar-refractivity contribution in [1.29, 1.82) is 5.26 Å². The fourth-order valence-electron chi connectivity index (χ4n) is 3.02. The highest BCUT2D eigenvalue weighted by atomic mass is 35.5. The van der Waals surface area contributed by atoms with Crippen molar-refractivity contribution in [1.82, 2.24) is 9.55 Å². The first-order chi connectivity index (χ1) is 13.6. The minimum atomic E-state index is -0.292. The van der Waals surface area contributed by atoms with Gasteiger partial charge in [-0.2, -0.15) is 5.26 Å². The van der Waals surface area contributed by atoms with Crippen LogP contribution in [0.2, 0.25) is 5.02 Å². The van der Waals surface area contributed by atoms with Gasteiger partial charge in [-0.15, -0.1) is 11.3 Å². The quantitative estimate of drug-likeness (QED) is 0.471. The molecule has 0 unspecified atom stereocenters. The number of benzene rings is 2. The van der Waals surface area contributed by atoms with Gasteiger partial charge >= 0.3 is 0 Å². The van der Waals surface area contributed by atoms with Crippen LogP contribution in [0.1, 0.15) is 21.7 Å². The van der Waals surface area contributed by atoms with Crippen molar-refractivity contribution in [2.24, 2.45) is 0 Å². The summed E-state index contributed by atoms with van der Waals surface area (Å²) in [6, 6.07) is 17.3. The van der Waals surface area contributed by atoms with Crippen molar-refractivity contribution >= 4 is 38.9 Å². The van der Waals surface area contributed by atoms with Crippen LogP contribution in [0, 0.1) is 11.3 Å². The van der Waals surface area contributed by atoms with E-state index in [1.54, 1.807) is 60.0 Å². The van der Waals surface area contributed by atoms with Crippen LogP contribution in [0.15, 0.2) is 64.8 Å². The van der Waals surface area contributed by atoms with E-state index in [0.717, 1.165) is 0 Å². The highest BCUT2D eigenvalue weighted by Crippen LogP contribution is 2.23. The SMILES string of the molecule is N#Cc1ccccc1C(=O)Cc1nc2ccsc2c(=O)n1-c1ccccc1Cl. The van der Waals surface area contributed by atoms with Crippen molar-refractivity contribution in [3.05, 3.63) is 92.3 Å². The molecule has 0 aliphatic carbocycles. The first-order valence-corrected chi connectivity index (χ1v) is 9.62. The Labute approximate surface area is 169 Å². The number of para-hydroxylation sites is 1. The Morgan fingerprint density at radius 3 is 2.68 bits per heavy atom. The molecule has 0 N–H and O–H groups in total. The summed E-state index contributed by atoms with van der Waals surface area (Å²) in [5.41, 5.74) is 1.32. The van der Waals surface area contributed by atoms with Crippen molar-refractivity contribution in [2.75, 3.05) is 0 Å². The molecule has 0 saturated carbocycles. The molecule has 0 amide bonds. The molecule has 0 aliphatic heterocycles. The average Bonchev–Trinajstić information content (AvgIpc) is 3.18. The molecule has 2 aromatic heterocycles. The number of Topliss-reactive ketones (excluding diaryl/α,β-unsaturated/α-hetero) is 1. The van der Waals surface area contributed by atoms with Gasteiger partial charge < -0.3 is 0 Å². The topological polar surface area (TPSA) is 75.8 Å². The maximum atomic E-state index is 13.1. The molecule has 0 atom stereocenters. The number of hydrogen-bond donors (Lipinski definition) is 0. The van der Waals surface area contributed by atoms with E-state index >= 15 is 0 Å². The molecule has 7 heteroatoms. The van der Waals surface area contributed by atoms with Crippen molar-refractivity contribution in [3.63, 3.8) is 0 Å². The van der Waals surface area contributed by atoms with E-state index in [4.69, 9.17) is 11.6 Å². The Morgan fingerprint density at radius 2 is 1.89 bits per heavy atom. The van der Waals surface area contributed by atoms with Gasteiger partial charge in [-0.3, -0.25) is 14.2 Å². The smallest absolute Gasteiger partial charge is 0.276 e. The van der Waals surface area contributed by atoms with E-state index in [-0.39, 0.29) is 29.2 Å². The molecule has 28 heavy (non-hydrogen) atoms. The monoisotopic (exact) mass is 405 g/mol. The van der Waals surface area contributed by atoms with E-state index in [2.05, 4.69) is 4.98 Å². The van der Waals surface area contributed by atoms with Crippen LogP contribution in [-0.4, -0.2) is 15.3 Å². The molecule has 2 aromatic carbocycles. The number of aromatic nitrogens is 2. The van der Waals surface area contributed by atoms with Gasteiger partial charge in [0.15, 0.2) is 5.78 Å². The van der Waals surface area contributed by atoms with Gasteiger partial charge in [-0.1, -0.05) is 41.9 Å². The number of halogens is 1. The van der Waals surface area contributed by atoms with Crippen molar-refractivity contribution < 1.29 is 4.79 Å². The van der Waals surface area contributed by atoms with Crippen LogP contribution in [0.25, 0.3) is 15.9 Å². The predicted octanol–water partition coefficient (Wildman–Crippen LogP) is 4.40. The molecule has 5 nitrogen and oxygen atoms in total. The Bertz CT molecular complexity index is 1320. The van der Waals surface area contributed by atoms with E-state index in [0.29, 0.717) is 26.5 Å². The first-order valence-electron chi connectivity index (χ1n) is 8.36. The molecular weight excluding hydrogens is 394 g/mol. The minimum Gasteiger partial charge on any atom is -0.294 e. The van der Waals surface area contributed by atoms with Crippen molar-refractivity contribution in [3.8, 4) is 11.8 Å². The maximum absolute atomic E-state index is 13.1. The number of carbonyl (C=O) groups is 1. The number of fused-ring (bicyclic) bond motifs is 1. The fraction of sp³-hybridized carbons (Fsp3) is 0.0476. The summed E-state index contributed by atoms with van der Waals surface area (Å²) in [7, 11) is 0. The summed E-state index contributed by atoms with van der Waals surface area (Å²) in [5, 5.41) is 11.4. The lowest BCUT2D eigenvalue weighted by Gasteiger charge is -2.13. The molecule has 0 aliphatic rings. The highest BCUT2D eigenvalue weighted by Gasteiger charge is 2.20. The van der Waals surface area contributed by atoms with E-state index in [9.17, 15) is 14.9 Å². The second kappa shape index (κ2) is 7.39. The molecule has 4 rings (SSSR count). The molecular formula is C21H12ClN3O2S. The van der Waals surface area contributed by atoms with Gasteiger partial charge in [0, 0.05) is 5.56 Å². The van der Waals surface area contributed by atoms with Crippen LogP contribution in [0.3, 0.4) is 0 Å². The zero-order valence-electron chi connectivity index (χ0n) is 14.4. The molecule has 2 heterocycles. The second-order valence-corrected chi connectivity index (χ2v) is 7.34. The molecule has 0 saturated heterocycles. The van der Waals surface area contributed by atoms with Gasteiger partial charge in [0.2, 0.25) is 0 Å². The largest absolute Gasteiger partial charge is 0.294 e. The molecule has 4 aromatic rings. The normalized spacial score (nSPS) is 10.7. The van der Waals surface area contributed by atoms with Crippen LogP contribution < -0.4 is 5.56 Å². The summed E-state index contributed by atoms with van der Waals surface area (Å²) >= 11 is 7.61. The van der Waals surface area contributed by atoms with Crippen LogP contribution in [0.5, 0.6) is 0 Å². The fourth-order valence-corrected chi connectivity index (χ4v) is 4.00. The van der Waals surface area contributed by atoms with Gasteiger partial charge in [0.25, 0.3) is 5.56 Å². The Hall–Kier alpha value is -3.27. The van der Waals surface area contributed by atoms with Gasteiger partial charge in [0.1, 0.15) is 10.5 Å². The molecule has 0 bridgehead atoms. The zero-order chi connectivity index (χ0) is 19.7. The molecule has 0 radical (unpaired) electrons.